The highest BCUT2D eigenvalue weighted by molar-refractivity contribution is 7.92. The molecule has 0 fully saturated rings. The van der Waals surface area contributed by atoms with E-state index < -0.39 is 10.0 Å². The number of benzene rings is 2. The van der Waals surface area contributed by atoms with E-state index in [1.165, 1.54) is 11.4 Å². The molecule has 0 heterocycles. The van der Waals surface area contributed by atoms with Gasteiger partial charge in [-0.1, -0.05) is 12.1 Å². The van der Waals surface area contributed by atoms with Crippen LogP contribution in [0.1, 0.15) is 35.3 Å². The standard InChI is InChI=1S/C20H26N2O4S/c1-14(2)26-18-8-6-7-16(12-18)13-21-20(23)17-9-10-19(15(3)11-17)22(4)27(5,24)25/h6-12,14H,13H2,1-5H3,(H,21,23). The molecule has 0 aliphatic heterocycles. The van der Waals surface area contributed by atoms with E-state index in [0.717, 1.165) is 17.6 Å². The highest BCUT2D eigenvalue weighted by Crippen LogP contribution is 2.22. The number of aryl methyl sites for hydroxylation is 1. The lowest BCUT2D eigenvalue weighted by atomic mass is 10.1. The third kappa shape index (κ3) is 5.72. The van der Waals surface area contributed by atoms with Crippen molar-refractivity contribution in [1.82, 2.24) is 5.32 Å². The van der Waals surface area contributed by atoms with Gasteiger partial charge in [-0.25, -0.2) is 8.42 Å². The molecule has 2 aromatic carbocycles. The number of sulfonamides is 1. The van der Waals surface area contributed by atoms with Gasteiger partial charge >= 0.3 is 0 Å². The lowest BCUT2D eigenvalue weighted by Crippen LogP contribution is -2.26. The van der Waals surface area contributed by atoms with Crippen LogP contribution >= 0.6 is 0 Å². The van der Waals surface area contributed by atoms with E-state index in [4.69, 9.17) is 4.74 Å². The van der Waals surface area contributed by atoms with Crippen molar-refractivity contribution in [2.75, 3.05) is 17.6 Å². The molecule has 0 unspecified atom stereocenters. The van der Waals surface area contributed by atoms with Crippen LogP contribution in [-0.2, 0) is 16.6 Å². The molecule has 0 spiro atoms. The minimum Gasteiger partial charge on any atom is -0.491 e. The largest absolute Gasteiger partial charge is 0.491 e. The topological polar surface area (TPSA) is 75.7 Å². The number of carbonyl (C=O) groups is 1. The van der Waals surface area contributed by atoms with Gasteiger partial charge in [0.15, 0.2) is 0 Å². The summed E-state index contributed by atoms with van der Waals surface area (Å²) in [4.78, 5) is 12.4. The van der Waals surface area contributed by atoms with Crippen LogP contribution in [0.25, 0.3) is 0 Å². The van der Waals surface area contributed by atoms with Crippen LogP contribution < -0.4 is 14.4 Å². The molecule has 0 aliphatic rings. The van der Waals surface area contributed by atoms with Crippen LogP contribution in [0, 0.1) is 6.92 Å². The fourth-order valence-electron chi connectivity index (χ4n) is 2.61. The van der Waals surface area contributed by atoms with Crippen molar-refractivity contribution in [3.05, 3.63) is 59.2 Å². The first-order valence-electron chi connectivity index (χ1n) is 8.66. The van der Waals surface area contributed by atoms with Crippen LogP contribution in [0.2, 0.25) is 0 Å². The number of anilines is 1. The Bertz CT molecular complexity index is 923. The summed E-state index contributed by atoms with van der Waals surface area (Å²) in [5, 5.41) is 2.88. The van der Waals surface area contributed by atoms with Gasteiger partial charge in [0.2, 0.25) is 10.0 Å². The minimum atomic E-state index is -3.35. The number of nitrogens with zero attached hydrogens (tertiary/aromatic N) is 1. The van der Waals surface area contributed by atoms with E-state index in [9.17, 15) is 13.2 Å². The zero-order valence-corrected chi connectivity index (χ0v) is 17.1. The zero-order valence-electron chi connectivity index (χ0n) is 16.3. The van der Waals surface area contributed by atoms with Gasteiger partial charge in [-0.2, -0.15) is 0 Å². The van der Waals surface area contributed by atoms with Crippen molar-refractivity contribution in [3.63, 3.8) is 0 Å². The number of ether oxygens (including phenoxy) is 1. The molecule has 7 heteroatoms. The molecule has 0 aromatic heterocycles. The third-order valence-electron chi connectivity index (χ3n) is 4.02. The third-order valence-corrected chi connectivity index (χ3v) is 5.21. The normalized spacial score (nSPS) is 11.3. The molecule has 146 valence electrons. The summed E-state index contributed by atoms with van der Waals surface area (Å²) in [6.45, 7) is 6.07. The molecule has 0 radical (unpaired) electrons. The molecule has 27 heavy (non-hydrogen) atoms. The Morgan fingerprint density at radius 2 is 1.89 bits per heavy atom. The molecule has 6 nitrogen and oxygen atoms in total. The first kappa shape index (κ1) is 20.8. The fourth-order valence-corrected chi connectivity index (χ4v) is 3.18. The summed E-state index contributed by atoms with van der Waals surface area (Å²) in [7, 11) is -1.86. The molecule has 0 saturated heterocycles. The quantitative estimate of drug-likeness (QED) is 0.788. The van der Waals surface area contributed by atoms with Gasteiger partial charge in [0.1, 0.15) is 5.75 Å². The van der Waals surface area contributed by atoms with Crippen molar-refractivity contribution in [2.24, 2.45) is 0 Å². The predicted octanol–water partition coefficient (Wildman–Crippen LogP) is 3.11. The summed E-state index contributed by atoms with van der Waals surface area (Å²) in [5.41, 5.74) is 2.68. The molecule has 0 aliphatic carbocycles. The lowest BCUT2D eigenvalue weighted by molar-refractivity contribution is 0.0950. The van der Waals surface area contributed by atoms with Gasteiger partial charge in [-0.05, 0) is 62.2 Å². The van der Waals surface area contributed by atoms with Crippen LogP contribution in [-0.4, -0.2) is 33.7 Å². The monoisotopic (exact) mass is 390 g/mol. The Kier molecular flexibility index (Phi) is 6.49. The summed E-state index contributed by atoms with van der Waals surface area (Å²) in [5.74, 6) is 0.544. The molecule has 1 N–H and O–H groups in total. The van der Waals surface area contributed by atoms with Crippen LogP contribution in [0.5, 0.6) is 5.75 Å². The summed E-state index contributed by atoms with van der Waals surface area (Å²) < 4.78 is 30.2. The minimum absolute atomic E-state index is 0.0846. The van der Waals surface area contributed by atoms with E-state index in [1.54, 1.807) is 25.1 Å². The SMILES string of the molecule is Cc1cc(C(=O)NCc2cccc(OC(C)C)c2)ccc1N(C)S(C)(=O)=O. The number of nitrogens with one attached hydrogen (secondary N) is 1. The zero-order chi connectivity index (χ0) is 20.2. The lowest BCUT2D eigenvalue weighted by Gasteiger charge is -2.19. The van der Waals surface area contributed by atoms with E-state index in [-0.39, 0.29) is 12.0 Å². The van der Waals surface area contributed by atoms with E-state index in [0.29, 0.717) is 23.4 Å². The number of hydrogen-bond donors (Lipinski definition) is 1. The van der Waals surface area contributed by atoms with Gasteiger partial charge in [0, 0.05) is 19.2 Å². The smallest absolute Gasteiger partial charge is 0.251 e. The number of hydrogen-bond acceptors (Lipinski definition) is 4. The second-order valence-electron chi connectivity index (χ2n) is 6.73. The fraction of sp³-hybridized carbons (Fsp3) is 0.350. The second-order valence-corrected chi connectivity index (χ2v) is 8.74. The Balaban J connectivity index is 2.07. The molecular formula is C20H26N2O4S. The maximum atomic E-state index is 12.4. The number of carbonyl (C=O) groups excluding carboxylic acids is 1. The Labute approximate surface area is 161 Å². The summed E-state index contributed by atoms with van der Waals surface area (Å²) >= 11 is 0. The van der Waals surface area contributed by atoms with Gasteiger partial charge in [-0.3, -0.25) is 9.10 Å². The first-order valence-corrected chi connectivity index (χ1v) is 10.5. The molecular weight excluding hydrogens is 364 g/mol. The van der Waals surface area contributed by atoms with Crippen molar-refractivity contribution in [1.29, 1.82) is 0 Å². The van der Waals surface area contributed by atoms with E-state index >= 15 is 0 Å². The second kappa shape index (κ2) is 8.43. The van der Waals surface area contributed by atoms with Gasteiger partial charge in [0.25, 0.3) is 5.91 Å². The predicted molar refractivity (Wildman–Crippen MR) is 108 cm³/mol. The Hall–Kier alpha value is -2.54. The van der Waals surface area contributed by atoms with Gasteiger partial charge < -0.3 is 10.1 Å². The highest BCUT2D eigenvalue weighted by Gasteiger charge is 2.16. The van der Waals surface area contributed by atoms with Crippen molar-refractivity contribution in [3.8, 4) is 5.75 Å². The molecule has 0 atom stereocenters. The maximum Gasteiger partial charge on any atom is 0.251 e. The van der Waals surface area contributed by atoms with Gasteiger partial charge in [0.05, 0.1) is 18.0 Å². The molecule has 2 rings (SSSR count). The van der Waals surface area contributed by atoms with E-state index in [2.05, 4.69) is 5.32 Å². The molecule has 2 aromatic rings. The highest BCUT2D eigenvalue weighted by atomic mass is 32.2. The van der Waals surface area contributed by atoms with Crippen molar-refractivity contribution in [2.45, 2.75) is 33.4 Å². The summed E-state index contributed by atoms with van der Waals surface area (Å²) in [6.07, 6.45) is 1.23. The molecule has 0 saturated carbocycles. The van der Waals surface area contributed by atoms with Crippen molar-refractivity contribution >= 4 is 21.6 Å². The Morgan fingerprint density at radius 1 is 1.19 bits per heavy atom. The van der Waals surface area contributed by atoms with E-state index in [1.807, 2.05) is 38.1 Å². The first-order chi connectivity index (χ1) is 12.6. The maximum absolute atomic E-state index is 12.4. The molecule has 0 bridgehead atoms. The van der Waals surface area contributed by atoms with Gasteiger partial charge in [-0.15, -0.1) is 0 Å². The number of rotatable bonds is 7. The Morgan fingerprint density at radius 3 is 2.48 bits per heavy atom. The molecule has 1 amide bonds. The average molecular weight is 391 g/mol. The number of amides is 1. The van der Waals surface area contributed by atoms with Crippen LogP contribution in [0.4, 0.5) is 5.69 Å². The van der Waals surface area contributed by atoms with Crippen LogP contribution in [0.3, 0.4) is 0 Å². The summed E-state index contributed by atoms with van der Waals surface area (Å²) in [6, 6.07) is 12.5. The van der Waals surface area contributed by atoms with Crippen molar-refractivity contribution < 1.29 is 17.9 Å². The average Bonchev–Trinajstić information content (AvgIpc) is 2.58. The van der Waals surface area contributed by atoms with Crippen LogP contribution in [0.15, 0.2) is 42.5 Å².